The van der Waals surface area contributed by atoms with E-state index in [9.17, 15) is 33.4 Å². The Kier molecular flexibility index (Phi) is 6.95. The minimum atomic E-state index is -4.68. The first-order valence-corrected chi connectivity index (χ1v) is 11.1. The van der Waals surface area contributed by atoms with E-state index in [4.69, 9.17) is 0 Å². The molecule has 1 aliphatic heterocycles. The van der Waals surface area contributed by atoms with Gasteiger partial charge in [0.2, 0.25) is 0 Å². The molecule has 0 spiro atoms. The summed E-state index contributed by atoms with van der Waals surface area (Å²) in [5.74, 6) is 0. The zero-order valence-electron chi connectivity index (χ0n) is 18.9. The van der Waals surface area contributed by atoms with Gasteiger partial charge in [0, 0.05) is 50.5 Å². The molecule has 0 atom stereocenters. The van der Waals surface area contributed by atoms with Crippen LogP contribution in [0.4, 0.5) is 41.6 Å². The van der Waals surface area contributed by atoms with Crippen LogP contribution in [-0.2, 0) is 12.7 Å². The molecular weight excluding hydrogens is 479 g/mol. The van der Waals surface area contributed by atoms with E-state index in [0.29, 0.717) is 44.5 Å². The van der Waals surface area contributed by atoms with Crippen LogP contribution in [0, 0.1) is 20.2 Å². The SMILES string of the molecule is O=[N+]([O-])c1ccc(N2CCN(c3ccc(C(F)(F)F)cc3[N+](=O)[O-])CC2)cc1NCc1ccccc1. The van der Waals surface area contributed by atoms with Crippen LogP contribution in [0.25, 0.3) is 0 Å². The van der Waals surface area contributed by atoms with Gasteiger partial charge >= 0.3 is 6.18 Å². The van der Waals surface area contributed by atoms with E-state index in [-0.39, 0.29) is 11.4 Å². The Labute approximate surface area is 204 Å². The predicted molar refractivity (Wildman–Crippen MR) is 129 cm³/mol. The number of benzene rings is 3. The van der Waals surface area contributed by atoms with Crippen LogP contribution in [0.1, 0.15) is 11.1 Å². The van der Waals surface area contributed by atoms with Crippen LogP contribution in [0.15, 0.2) is 66.7 Å². The number of halogens is 3. The van der Waals surface area contributed by atoms with Crippen molar-refractivity contribution in [2.24, 2.45) is 0 Å². The number of rotatable bonds is 7. The Bertz CT molecular complexity index is 1260. The third-order valence-electron chi connectivity index (χ3n) is 5.99. The third-order valence-corrected chi connectivity index (χ3v) is 5.99. The zero-order chi connectivity index (χ0) is 25.9. The molecule has 1 heterocycles. The van der Waals surface area contributed by atoms with Crippen LogP contribution in [0.2, 0.25) is 0 Å². The van der Waals surface area contributed by atoms with Gasteiger partial charge in [-0.3, -0.25) is 20.2 Å². The van der Waals surface area contributed by atoms with Gasteiger partial charge in [0.15, 0.2) is 0 Å². The molecule has 188 valence electrons. The first-order valence-electron chi connectivity index (χ1n) is 11.1. The van der Waals surface area contributed by atoms with E-state index in [0.717, 1.165) is 23.4 Å². The fraction of sp³-hybridized carbons (Fsp3) is 0.250. The first kappa shape index (κ1) is 24.8. The summed E-state index contributed by atoms with van der Waals surface area (Å²) < 4.78 is 39.0. The summed E-state index contributed by atoms with van der Waals surface area (Å²) in [6, 6.07) is 16.7. The largest absolute Gasteiger partial charge is 0.416 e. The Balaban J connectivity index is 1.50. The molecule has 0 aliphatic carbocycles. The number of nitro groups is 2. The molecule has 0 radical (unpaired) electrons. The van der Waals surface area contributed by atoms with E-state index in [2.05, 4.69) is 5.32 Å². The van der Waals surface area contributed by atoms with Crippen molar-refractivity contribution in [1.29, 1.82) is 0 Å². The lowest BCUT2D eigenvalue weighted by Gasteiger charge is -2.37. The maximum atomic E-state index is 13.0. The maximum Gasteiger partial charge on any atom is 0.416 e. The van der Waals surface area contributed by atoms with Crippen LogP contribution in [-0.4, -0.2) is 36.0 Å². The van der Waals surface area contributed by atoms with E-state index in [1.54, 1.807) is 17.0 Å². The van der Waals surface area contributed by atoms with E-state index in [1.807, 2.05) is 35.2 Å². The second-order valence-corrected chi connectivity index (χ2v) is 8.23. The Hall–Kier alpha value is -4.35. The lowest BCUT2D eigenvalue weighted by Crippen LogP contribution is -2.46. The van der Waals surface area contributed by atoms with Gasteiger partial charge in [0.25, 0.3) is 11.4 Å². The molecule has 9 nitrogen and oxygen atoms in total. The maximum absolute atomic E-state index is 13.0. The minimum Gasteiger partial charge on any atom is -0.375 e. The summed E-state index contributed by atoms with van der Waals surface area (Å²) in [6.07, 6.45) is -4.68. The van der Waals surface area contributed by atoms with Crippen molar-refractivity contribution in [3.05, 3.63) is 98.1 Å². The van der Waals surface area contributed by atoms with Gasteiger partial charge in [-0.1, -0.05) is 30.3 Å². The highest BCUT2D eigenvalue weighted by Gasteiger charge is 2.34. The van der Waals surface area contributed by atoms with Crippen LogP contribution >= 0.6 is 0 Å². The van der Waals surface area contributed by atoms with Crippen LogP contribution < -0.4 is 15.1 Å². The molecule has 0 saturated carbocycles. The lowest BCUT2D eigenvalue weighted by molar-refractivity contribution is -0.384. The van der Waals surface area contributed by atoms with Gasteiger partial charge in [0.1, 0.15) is 11.4 Å². The number of nitrogens with zero attached hydrogens (tertiary/aromatic N) is 4. The highest BCUT2D eigenvalue weighted by molar-refractivity contribution is 5.70. The van der Waals surface area contributed by atoms with Gasteiger partial charge in [0.05, 0.1) is 15.4 Å². The van der Waals surface area contributed by atoms with Crippen molar-refractivity contribution in [2.45, 2.75) is 12.7 Å². The number of piperazine rings is 1. The fourth-order valence-electron chi connectivity index (χ4n) is 4.13. The summed E-state index contributed by atoms with van der Waals surface area (Å²) in [5, 5.41) is 26.1. The van der Waals surface area contributed by atoms with Crippen LogP contribution in [0.3, 0.4) is 0 Å². The van der Waals surface area contributed by atoms with E-state index in [1.165, 1.54) is 6.07 Å². The summed E-state index contributed by atoms with van der Waals surface area (Å²) in [6.45, 7) is 1.91. The molecule has 3 aromatic rings. The molecule has 1 N–H and O–H groups in total. The number of hydrogen-bond donors (Lipinski definition) is 1. The van der Waals surface area contributed by atoms with Gasteiger partial charge in [-0.2, -0.15) is 13.2 Å². The number of nitrogens with one attached hydrogen (secondary N) is 1. The highest BCUT2D eigenvalue weighted by Crippen LogP contribution is 2.37. The average molecular weight is 501 g/mol. The second kappa shape index (κ2) is 10.1. The normalized spacial score (nSPS) is 14.0. The van der Waals surface area contributed by atoms with Crippen molar-refractivity contribution in [1.82, 2.24) is 0 Å². The number of alkyl halides is 3. The molecule has 0 aromatic heterocycles. The summed E-state index contributed by atoms with van der Waals surface area (Å²) in [5.41, 5.74) is 0.457. The predicted octanol–water partition coefficient (Wildman–Crippen LogP) is 5.46. The molecule has 1 aliphatic rings. The Morgan fingerprint density at radius 1 is 0.806 bits per heavy atom. The van der Waals surface area contributed by atoms with Crippen molar-refractivity contribution in [3.63, 3.8) is 0 Å². The fourth-order valence-corrected chi connectivity index (χ4v) is 4.13. The van der Waals surface area contributed by atoms with Crippen molar-refractivity contribution < 1.29 is 23.0 Å². The molecule has 12 heteroatoms. The Morgan fingerprint density at radius 3 is 2.06 bits per heavy atom. The molecule has 1 fully saturated rings. The van der Waals surface area contributed by atoms with E-state index < -0.39 is 27.3 Å². The highest BCUT2D eigenvalue weighted by atomic mass is 19.4. The van der Waals surface area contributed by atoms with Crippen molar-refractivity contribution in [3.8, 4) is 0 Å². The summed E-state index contributed by atoms with van der Waals surface area (Å²) in [7, 11) is 0. The number of anilines is 3. The molecule has 0 amide bonds. The number of hydrogen-bond acceptors (Lipinski definition) is 7. The molecule has 36 heavy (non-hydrogen) atoms. The molecular formula is C24H22F3N5O4. The topological polar surface area (TPSA) is 105 Å². The summed E-state index contributed by atoms with van der Waals surface area (Å²) in [4.78, 5) is 25.4. The molecule has 0 unspecified atom stereocenters. The molecule has 4 rings (SSSR count). The molecule has 1 saturated heterocycles. The smallest absolute Gasteiger partial charge is 0.375 e. The van der Waals surface area contributed by atoms with Gasteiger partial charge in [-0.25, -0.2) is 0 Å². The minimum absolute atomic E-state index is 0.0614. The van der Waals surface area contributed by atoms with Gasteiger partial charge in [-0.15, -0.1) is 0 Å². The zero-order valence-corrected chi connectivity index (χ0v) is 18.9. The van der Waals surface area contributed by atoms with E-state index >= 15 is 0 Å². The quantitative estimate of drug-likeness (QED) is 0.339. The Morgan fingerprint density at radius 2 is 1.44 bits per heavy atom. The van der Waals surface area contributed by atoms with Crippen molar-refractivity contribution >= 4 is 28.4 Å². The molecule has 3 aromatic carbocycles. The standard InChI is InChI=1S/C24H22F3N5O4/c25-24(26,27)18-6-8-22(23(14-18)32(35)36)30-12-10-29(11-13-30)19-7-9-21(31(33)34)20(15-19)28-16-17-4-2-1-3-5-17/h1-9,14-15,28H,10-13,16H2. The monoisotopic (exact) mass is 501 g/mol. The summed E-state index contributed by atoms with van der Waals surface area (Å²) >= 11 is 0. The third kappa shape index (κ3) is 5.48. The lowest BCUT2D eigenvalue weighted by atomic mass is 10.1. The molecule has 0 bridgehead atoms. The van der Waals surface area contributed by atoms with Crippen LogP contribution in [0.5, 0.6) is 0 Å². The first-order chi connectivity index (χ1) is 17.1. The second-order valence-electron chi connectivity index (χ2n) is 8.23. The van der Waals surface area contributed by atoms with Gasteiger partial charge < -0.3 is 15.1 Å². The van der Waals surface area contributed by atoms with Gasteiger partial charge in [-0.05, 0) is 29.8 Å². The number of nitro benzene ring substituents is 2. The average Bonchev–Trinajstić information content (AvgIpc) is 2.87. The van der Waals surface area contributed by atoms with Crippen molar-refractivity contribution in [2.75, 3.05) is 41.3 Å².